The van der Waals surface area contributed by atoms with Crippen LogP contribution in [0.1, 0.15) is 25.3 Å². The molecule has 1 atom stereocenters. The fourth-order valence-corrected chi connectivity index (χ4v) is 3.18. The Labute approximate surface area is 157 Å². The Kier molecular flexibility index (Phi) is 5.47. The molecule has 1 heterocycles. The molecule has 0 aromatic heterocycles. The number of amides is 2. The number of halogens is 1. The minimum atomic E-state index is -0.657. The van der Waals surface area contributed by atoms with E-state index >= 15 is 0 Å². The Bertz CT molecular complexity index is 838. The molecule has 3 rings (SSSR count). The Morgan fingerprint density at radius 3 is 2.73 bits per heavy atom. The maximum Gasteiger partial charge on any atom is 0.265 e. The van der Waals surface area contributed by atoms with Crippen LogP contribution < -0.4 is 15.0 Å². The van der Waals surface area contributed by atoms with E-state index in [2.05, 4.69) is 5.32 Å². The first kappa shape index (κ1) is 18.3. The third-order valence-corrected chi connectivity index (χ3v) is 4.55. The topological polar surface area (TPSA) is 58.6 Å². The lowest BCUT2D eigenvalue weighted by Crippen LogP contribution is -2.30. The molecular formula is C20H21ClN2O3. The van der Waals surface area contributed by atoms with Gasteiger partial charge in [-0.25, -0.2) is 0 Å². The maximum absolute atomic E-state index is 12.4. The molecule has 1 saturated heterocycles. The largest absolute Gasteiger partial charge is 0.481 e. The van der Waals surface area contributed by atoms with Gasteiger partial charge in [-0.1, -0.05) is 23.7 Å². The van der Waals surface area contributed by atoms with Crippen LogP contribution in [0, 0.1) is 6.92 Å². The second-order valence-corrected chi connectivity index (χ2v) is 6.79. The number of ether oxygens (including phenoxy) is 1. The summed E-state index contributed by atoms with van der Waals surface area (Å²) >= 11 is 6.31. The first-order valence-corrected chi connectivity index (χ1v) is 8.96. The van der Waals surface area contributed by atoms with Crippen molar-refractivity contribution < 1.29 is 14.3 Å². The van der Waals surface area contributed by atoms with E-state index in [1.807, 2.05) is 31.2 Å². The number of hydrogen-bond acceptors (Lipinski definition) is 3. The third kappa shape index (κ3) is 4.17. The van der Waals surface area contributed by atoms with Gasteiger partial charge in [0.15, 0.2) is 6.10 Å². The average Bonchev–Trinajstić information content (AvgIpc) is 3.01. The molecule has 6 heteroatoms. The monoisotopic (exact) mass is 372 g/mol. The molecule has 2 aromatic rings. The molecule has 2 aromatic carbocycles. The highest BCUT2D eigenvalue weighted by Gasteiger charge is 2.24. The highest BCUT2D eigenvalue weighted by atomic mass is 35.5. The van der Waals surface area contributed by atoms with E-state index in [1.165, 1.54) is 0 Å². The van der Waals surface area contributed by atoms with Gasteiger partial charge in [0.2, 0.25) is 5.91 Å². The van der Waals surface area contributed by atoms with Crippen molar-refractivity contribution in [3.05, 3.63) is 53.1 Å². The summed E-state index contributed by atoms with van der Waals surface area (Å²) in [5.74, 6) is 0.449. The number of hydrogen-bond donors (Lipinski definition) is 1. The van der Waals surface area contributed by atoms with Crippen molar-refractivity contribution in [2.24, 2.45) is 0 Å². The van der Waals surface area contributed by atoms with E-state index in [1.54, 1.807) is 30.0 Å². The summed E-state index contributed by atoms with van der Waals surface area (Å²) in [6.45, 7) is 4.33. The summed E-state index contributed by atoms with van der Waals surface area (Å²) < 4.78 is 5.68. The van der Waals surface area contributed by atoms with Gasteiger partial charge in [-0.2, -0.15) is 0 Å². The molecule has 5 nitrogen and oxygen atoms in total. The number of rotatable bonds is 5. The zero-order valence-electron chi connectivity index (χ0n) is 14.8. The van der Waals surface area contributed by atoms with Crippen LogP contribution in [0.5, 0.6) is 5.75 Å². The molecule has 0 saturated carbocycles. The number of aryl methyl sites for hydroxylation is 1. The Hall–Kier alpha value is -2.53. The zero-order chi connectivity index (χ0) is 18.7. The van der Waals surface area contributed by atoms with Gasteiger partial charge in [-0.15, -0.1) is 0 Å². The Morgan fingerprint density at radius 2 is 2.08 bits per heavy atom. The molecule has 136 valence electrons. The summed E-state index contributed by atoms with van der Waals surface area (Å²) in [6, 6.07) is 12.7. The zero-order valence-corrected chi connectivity index (χ0v) is 15.5. The third-order valence-electron chi connectivity index (χ3n) is 4.25. The Morgan fingerprint density at radius 1 is 1.27 bits per heavy atom. The first-order chi connectivity index (χ1) is 12.4. The molecule has 1 aliphatic heterocycles. The van der Waals surface area contributed by atoms with Crippen molar-refractivity contribution in [2.45, 2.75) is 32.8 Å². The molecule has 2 amide bonds. The van der Waals surface area contributed by atoms with Crippen molar-refractivity contribution >= 4 is 34.8 Å². The van der Waals surface area contributed by atoms with Crippen molar-refractivity contribution in [1.29, 1.82) is 0 Å². The van der Waals surface area contributed by atoms with E-state index < -0.39 is 6.10 Å². The quantitative estimate of drug-likeness (QED) is 0.856. The van der Waals surface area contributed by atoms with Crippen LogP contribution in [-0.2, 0) is 9.59 Å². The smallest absolute Gasteiger partial charge is 0.265 e. The standard InChI is InChI=1S/C20H21ClN2O3/c1-13-5-3-6-16(11-13)26-14(2)20(25)22-15-8-9-18(17(21)12-15)23-10-4-7-19(23)24/h3,5-6,8-9,11-12,14H,4,7,10H2,1-2H3,(H,22,25)/t14-/m0/s1. The van der Waals surface area contributed by atoms with Crippen LogP contribution in [0.15, 0.2) is 42.5 Å². The molecule has 0 radical (unpaired) electrons. The normalized spacial score (nSPS) is 15.0. The van der Waals surface area contributed by atoms with Crippen LogP contribution in [0.2, 0.25) is 5.02 Å². The van der Waals surface area contributed by atoms with Crippen LogP contribution in [0.4, 0.5) is 11.4 Å². The minimum Gasteiger partial charge on any atom is -0.481 e. The van der Waals surface area contributed by atoms with E-state index in [0.717, 1.165) is 12.0 Å². The molecule has 0 unspecified atom stereocenters. The first-order valence-electron chi connectivity index (χ1n) is 8.58. The highest BCUT2D eigenvalue weighted by Crippen LogP contribution is 2.31. The number of nitrogens with zero attached hydrogens (tertiary/aromatic N) is 1. The van der Waals surface area contributed by atoms with Gasteiger partial charge in [-0.05, 0) is 56.2 Å². The lowest BCUT2D eigenvalue weighted by atomic mass is 10.2. The number of carbonyl (C=O) groups excluding carboxylic acids is 2. The minimum absolute atomic E-state index is 0.0730. The summed E-state index contributed by atoms with van der Waals surface area (Å²) in [5.41, 5.74) is 2.31. The van der Waals surface area contributed by atoms with E-state index in [9.17, 15) is 9.59 Å². The predicted octanol–water partition coefficient (Wildman–Crippen LogP) is 4.18. The second kappa shape index (κ2) is 7.79. The summed E-state index contributed by atoms with van der Waals surface area (Å²) in [4.78, 5) is 25.9. The van der Waals surface area contributed by atoms with Crippen molar-refractivity contribution in [3.8, 4) is 5.75 Å². The highest BCUT2D eigenvalue weighted by molar-refractivity contribution is 6.34. The molecule has 0 bridgehead atoms. The lowest BCUT2D eigenvalue weighted by Gasteiger charge is -2.19. The summed E-state index contributed by atoms with van der Waals surface area (Å²) in [6.07, 6.45) is 0.722. The van der Waals surface area contributed by atoms with Crippen LogP contribution in [0.3, 0.4) is 0 Å². The van der Waals surface area contributed by atoms with Gasteiger partial charge in [0.1, 0.15) is 5.75 Å². The number of anilines is 2. The summed E-state index contributed by atoms with van der Waals surface area (Å²) in [5, 5.41) is 3.23. The van der Waals surface area contributed by atoms with Gasteiger partial charge >= 0.3 is 0 Å². The van der Waals surface area contributed by atoms with E-state index in [-0.39, 0.29) is 11.8 Å². The molecule has 0 aliphatic carbocycles. The number of carbonyl (C=O) groups is 2. The molecule has 0 spiro atoms. The molecule has 1 N–H and O–H groups in total. The van der Waals surface area contributed by atoms with Gasteiger partial charge in [0.25, 0.3) is 5.91 Å². The second-order valence-electron chi connectivity index (χ2n) is 6.38. The SMILES string of the molecule is Cc1cccc(O[C@@H](C)C(=O)Nc2ccc(N3CCCC3=O)c(Cl)c2)c1. The van der Waals surface area contributed by atoms with Crippen LogP contribution >= 0.6 is 11.6 Å². The average molecular weight is 373 g/mol. The van der Waals surface area contributed by atoms with Crippen molar-refractivity contribution in [2.75, 3.05) is 16.8 Å². The Balaban J connectivity index is 1.65. The van der Waals surface area contributed by atoms with Crippen molar-refractivity contribution in [3.63, 3.8) is 0 Å². The maximum atomic E-state index is 12.4. The van der Waals surface area contributed by atoms with Crippen molar-refractivity contribution in [1.82, 2.24) is 0 Å². The van der Waals surface area contributed by atoms with E-state index in [0.29, 0.717) is 35.1 Å². The van der Waals surface area contributed by atoms with Gasteiger partial charge < -0.3 is 15.0 Å². The lowest BCUT2D eigenvalue weighted by molar-refractivity contribution is -0.122. The molecular weight excluding hydrogens is 352 g/mol. The fourth-order valence-electron chi connectivity index (χ4n) is 2.90. The molecule has 1 fully saturated rings. The number of nitrogens with one attached hydrogen (secondary N) is 1. The van der Waals surface area contributed by atoms with Crippen LogP contribution in [-0.4, -0.2) is 24.5 Å². The van der Waals surface area contributed by atoms with E-state index in [4.69, 9.17) is 16.3 Å². The summed E-state index contributed by atoms with van der Waals surface area (Å²) in [7, 11) is 0. The number of benzene rings is 2. The van der Waals surface area contributed by atoms with Gasteiger partial charge in [-0.3, -0.25) is 9.59 Å². The molecule has 26 heavy (non-hydrogen) atoms. The molecule has 1 aliphatic rings. The van der Waals surface area contributed by atoms with Crippen LogP contribution in [0.25, 0.3) is 0 Å². The van der Waals surface area contributed by atoms with Gasteiger partial charge in [0.05, 0.1) is 10.7 Å². The van der Waals surface area contributed by atoms with Gasteiger partial charge in [0, 0.05) is 18.7 Å². The fraction of sp³-hybridized carbons (Fsp3) is 0.300. The predicted molar refractivity (Wildman–Crippen MR) is 103 cm³/mol.